The highest BCUT2D eigenvalue weighted by Crippen LogP contribution is 2.15. The normalized spacial score (nSPS) is 18.8. The van der Waals surface area contributed by atoms with Crippen LogP contribution < -0.4 is 5.73 Å². The van der Waals surface area contributed by atoms with Crippen LogP contribution in [-0.2, 0) is 0 Å². The van der Waals surface area contributed by atoms with Crippen molar-refractivity contribution in [2.24, 2.45) is 10.7 Å². The molecular weight excluding hydrogens is 132 g/mol. The predicted molar refractivity (Wildman–Crippen MR) is 42.5 cm³/mol. The van der Waals surface area contributed by atoms with Crippen LogP contribution in [0.5, 0.6) is 0 Å². The van der Waals surface area contributed by atoms with Gasteiger partial charge in [0.25, 0.3) is 0 Å². The first-order valence-electron chi connectivity index (χ1n) is 2.97. The highest BCUT2D eigenvalue weighted by molar-refractivity contribution is 8.16. The monoisotopic (exact) mass is 142 g/mol. The highest BCUT2D eigenvalue weighted by Gasteiger charge is 2.00. The molecule has 1 rings (SSSR count). The summed E-state index contributed by atoms with van der Waals surface area (Å²) < 4.78 is 0. The molecule has 3 heteroatoms. The first-order valence-corrected chi connectivity index (χ1v) is 3.85. The van der Waals surface area contributed by atoms with Crippen molar-refractivity contribution in [2.75, 3.05) is 6.54 Å². The van der Waals surface area contributed by atoms with Crippen LogP contribution >= 0.6 is 11.8 Å². The number of amidine groups is 1. The van der Waals surface area contributed by atoms with Crippen LogP contribution in [0.15, 0.2) is 16.0 Å². The lowest BCUT2D eigenvalue weighted by Gasteiger charge is -2.06. The average Bonchev–Trinajstić information content (AvgIpc) is 1.90. The molecule has 0 spiro atoms. The Morgan fingerprint density at radius 2 is 2.67 bits per heavy atom. The van der Waals surface area contributed by atoms with E-state index in [0.29, 0.717) is 5.17 Å². The summed E-state index contributed by atoms with van der Waals surface area (Å²) in [5.74, 6) is 0. The van der Waals surface area contributed by atoms with Crippen molar-refractivity contribution in [3.05, 3.63) is 11.0 Å². The number of thioether (sulfide) groups is 1. The van der Waals surface area contributed by atoms with Crippen LogP contribution in [0.25, 0.3) is 0 Å². The lowest BCUT2D eigenvalue weighted by Crippen LogP contribution is -2.09. The Balaban J connectivity index is 2.48. The van der Waals surface area contributed by atoms with Crippen LogP contribution in [0, 0.1) is 0 Å². The minimum Gasteiger partial charge on any atom is -0.378 e. The third-order valence-electron chi connectivity index (χ3n) is 1.24. The number of rotatable bonds is 1. The van der Waals surface area contributed by atoms with Crippen molar-refractivity contribution >= 4 is 16.9 Å². The van der Waals surface area contributed by atoms with Gasteiger partial charge >= 0.3 is 0 Å². The van der Waals surface area contributed by atoms with Gasteiger partial charge in [0.15, 0.2) is 5.17 Å². The topological polar surface area (TPSA) is 38.4 Å². The molecule has 2 nitrogen and oxygen atoms in total. The van der Waals surface area contributed by atoms with Crippen LogP contribution in [-0.4, -0.2) is 11.7 Å². The summed E-state index contributed by atoms with van der Waals surface area (Å²) in [4.78, 5) is 4.07. The summed E-state index contributed by atoms with van der Waals surface area (Å²) >= 11 is 1.52. The molecule has 0 saturated heterocycles. The highest BCUT2D eigenvalue weighted by atomic mass is 32.2. The van der Waals surface area contributed by atoms with E-state index in [9.17, 15) is 0 Å². The molecule has 9 heavy (non-hydrogen) atoms. The van der Waals surface area contributed by atoms with Crippen molar-refractivity contribution in [3.63, 3.8) is 0 Å². The summed E-state index contributed by atoms with van der Waals surface area (Å²) in [6.07, 6.45) is 1.09. The average molecular weight is 142 g/mol. The zero-order valence-electron chi connectivity index (χ0n) is 5.42. The molecule has 0 aromatic rings. The lowest BCUT2D eigenvalue weighted by atomic mass is 10.2. The Kier molecular flexibility index (Phi) is 2.16. The van der Waals surface area contributed by atoms with Crippen molar-refractivity contribution in [1.29, 1.82) is 0 Å². The van der Waals surface area contributed by atoms with E-state index in [0.717, 1.165) is 13.0 Å². The molecule has 0 radical (unpaired) electrons. The van der Waals surface area contributed by atoms with E-state index in [2.05, 4.69) is 17.3 Å². The molecule has 0 fully saturated rings. The quantitative estimate of drug-likeness (QED) is 0.600. The number of nitrogens with two attached hydrogens (primary N) is 1. The lowest BCUT2D eigenvalue weighted by molar-refractivity contribution is 1.01. The number of hydrogen-bond acceptors (Lipinski definition) is 3. The fraction of sp³-hybridized carbons (Fsp3) is 0.500. The molecule has 0 bridgehead atoms. The standard InChI is InChI=1S/C6H10N2S/c1-2-5-3-8-6(7)9-4-5/h4H,2-3H2,1H3,(H2,7,8). The van der Waals surface area contributed by atoms with E-state index in [1.807, 2.05) is 0 Å². The number of aliphatic imine (C=N–C) groups is 1. The number of nitrogens with zero attached hydrogens (tertiary/aromatic N) is 1. The Bertz CT molecular complexity index is 160. The third kappa shape index (κ3) is 1.75. The summed E-state index contributed by atoms with van der Waals surface area (Å²) in [5, 5.41) is 2.77. The second-order valence-electron chi connectivity index (χ2n) is 1.90. The fourth-order valence-electron chi connectivity index (χ4n) is 0.593. The van der Waals surface area contributed by atoms with E-state index in [-0.39, 0.29) is 0 Å². The van der Waals surface area contributed by atoms with Gasteiger partial charge in [0, 0.05) is 0 Å². The fourth-order valence-corrected chi connectivity index (χ4v) is 1.26. The molecule has 0 aromatic carbocycles. The van der Waals surface area contributed by atoms with Crippen LogP contribution in [0.3, 0.4) is 0 Å². The summed E-state index contributed by atoms with van der Waals surface area (Å²) in [6, 6.07) is 0. The van der Waals surface area contributed by atoms with Crippen LogP contribution in [0.1, 0.15) is 13.3 Å². The number of hydrogen-bond donors (Lipinski definition) is 1. The van der Waals surface area contributed by atoms with E-state index < -0.39 is 0 Å². The van der Waals surface area contributed by atoms with Gasteiger partial charge in [-0.3, -0.25) is 4.99 Å². The minimum absolute atomic E-state index is 0.687. The Morgan fingerprint density at radius 1 is 1.89 bits per heavy atom. The predicted octanol–water partition coefficient (Wildman–Crippen LogP) is 1.34. The molecule has 2 N–H and O–H groups in total. The van der Waals surface area contributed by atoms with Gasteiger partial charge < -0.3 is 5.73 Å². The summed E-state index contributed by atoms with van der Waals surface area (Å²) in [7, 11) is 0. The smallest absolute Gasteiger partial charge is 0.158 e. The van der Waals surface area contributed by atoms with Gasteiger partial charge in [0.2, 0.25) is 0 Å². The van der Waals surface area contributed by atoms with Gasteiger partial charge in [-0.25, -0.2) is 0 Å². The van der Waals surface area contributed by atoms with Crippen LogP contribution in [0.4, 0.5) is 0 Å². The maximum absolute atomic E-state index is 5.42. The third-order valence-corrected chi connectivity index (χ3v) is 2.06. The maximum Gasteiger partial charge on any atom is 0.158 e. The van der Waals surface area contributed by atoms with E-state index in [1.165, 1.54) is 17.3 Å². The van der Waals surface area contributed by atoms with Crippen molar-refractivity contribution < 1.29 is 0 Å². The van der Waals surface area contributed by atoms with Gasteiger partial charge in [-0.1, -0.05) is 18.7 Å². The molecule has 0 amide bonds. The largest absolute Gasteiger partial charge is 0.378 e. The molecule has 0 atom stereocenters. The van der Waals surface area contributed by atoms with Gasteiger partial charge in [-0.05, 0) is 17.4 Å². The molecule has 1 aliphatic heterocycles. The van der Waals surface area contributed by atoms with E-state index in [4.69, 9.17) is 5.73 Å². The Hall–Kier alpha value is -0.440. The van der Waals surface area contributed by atoms with Gasteiger partial charge in [0.1, 0.15) is 0 Å². The summed E-state index contributed by atoms with van der Waals surface area (Å²) in [6.45, 7) is 2.93. The molecule has 1 heterocycles. The Morgan fingerprint density at radius 3 is 3.11 bits per heavy atom. The van der Waals surface area contributed by atoms with Crippen molar-refractivity contribution in [1.82, 2.24) is 0 Å². The first kappa shape index (κ1) is 6.68. The molecule has 50 valence electrons. The molecule has 0 unspecified atom stereocenters. The maximum atomic E-state index is 5.42. The van der Waals surface area contributed by atoms with Gasteiger partial charge in [-0.15, -0.1) is 0 Å². The van der Waals surface area contributed by atoms with Crippen molar-refractivity contribution in [3.8, 4) is 0 Å². The summed E-state index contributed by atoms with van der Waals surface area (Å²) in [5.41, 5.74) is 6.79. The Labute approximate surface area is 59.2 Å². The second kappa shape index (κ2) is 2.92. The zero-order chi connectivity index (χ0) is 6.69. The van der Waals surface area contributed by atoms with Gasteiger partial charge in [-0.2, -0.15) is 0 Å². The van der Waals surface area contributed by atoms with Crippen LogP contribution in [0.2, 0.25) is 0 Å². The molecule has 1 aliphatic rings. The minimum atomic E-state index is 0.687. The molecular formula is C6H10N2S. The molecule has 0 aliphatic carbocycles. The van der Waals surface area contributed by atoms with E-state index in [1.54, 1.807) is 0 Å². The molecule has 0 saturated carbocycles. The van der Waals surface area contributed by atoms with Crippen molar-refractivity contribution in [2.45, 2.75) is 13.3 Å². The second-order valence-corrected chi connectivity index (χ2v) is 2.79. The SMILES string of the molecule is CCC1=CSC(N)=NC1. The van der Waals surface area contributed by atoms with E-state index >= 15 is 0 Å². The first-order chi connectivity index (χ1) is 4.33. The van der Waals surface area contributed by atoms with Gasteiger partial charge in [0.05, 0.1) is 6.54 Å². The zero-order valence-corrected chi connectivity index (χ0v) is 6.24. The molecule has 0 aromatic heterocycles.